The van der Waals surface area contributed by atoms with Gasteiger partial charge in [-0.2, -0.15) is 0 Å². The first-order valence-electron chi connectivity index (χ1n) is 11.8. The maximum absolute atomic E-state index is 13.1. The van der Waals surface area contributed by atoms with Crippen molar-refractivity contribution in [3.63, 3.8) is 0 Å². The van der Waals surface area contributed by atoms with Crippen LogP contribution < -0.4 is 5.43 Å². The lowest BCUT2D eigenvalue weighted by atomic mass is 9.81. The first kappa shape index (κ1) is 21.4. The van der Waals surface area contributed by atoms with Gasteiger partial charge in [-0.25, -0.2) is 14.9 Å². The number of rotatable bonds is 3. The standard InChI is InChI=1S/C28H30N4O/c1-4-31(5-2)28(33)29-32-24(17-16-20-11-7-6-8-12-20)23-19-26-21(14-10-18-30(26)3)22-13-9-15-25(32)27(22)23/h6-9,11-15,26H,4-5,10,18-19H2,1-3H3,(H,29,33)/t26-/m1/s1. The van der Waals surface area contributed by atoms with Gasteiger partial charge in [-0.3, -0.25) is 4.90 Å². The lowest BCUT2D eigenvalue weighted by Gasteiger charge is -2.36. The molecule has 5 heteroatoms. The fraction of sp³-hybridized carbons (Fsp3) is 0.321. The van der Waals surface area contributed by atoms with Crippen molar-refractivity contribution >= 4 is 22.5 Å². The maximum atomic E-state index is 13.1. The zero-order valence-electron chi connectivity index (χ0n) is 19.6. The summed E-state index contributed by atoms with van der Waals surface area (Å²) in [5.74, 6) is 6.76. The smallest absolute Gasteiger partial charge is 0.324 e. The summed E-state index contributed by atoms with van der Waals surface area (Å²) in [7, 11) is 2.21. The highest BCUT2D eigenvalue weighted by molar-refractivity contribution is 6.01. The van der Waals surface area contributed by atoms with Crippen LogP contribution >= 0.6 is 0 Å². The molecule has 0 saturated heterocycles. The Labute approximate surface area is 195 Å². The van der Waals surface area contributed by atoms with Gasteiger partial charge in [0.1, 0.15) is 5.69 Å². The summed E-state index contributed by atoms with van der Waals surface area (Å²) in [5, 5.41) is 1.22. The van der Waals surface area contributed by atoms with Gasteiger partial charge in [0.15, 0.2) is 0 Å². The molecule has 1 atom stereocenters. The summed E-state index contributed by atoms with van der Waals surface area (Å²) < 4.78 is 1.92. The van der Waals surface area contributed by atoms with E-state index >= 15 is 0 Å². The zero-order valence-corrected chi connectivity index (χ0v) is 19.6. The fourth-order valence-electron chi connectivity index (χ4n) is 5.14. The molecule has 1 aliphatic carbocycles. The van der Waals surface area contributed by atoms with E-state index in [2.05, 4.69) is 53.5 Å². The third-order valence-electron chi connectivity index (χ3n) is 6.90. The average Bonchev–Trinajstić information content (AvgIpc) is 3.13. The van der Waals surface area contributed by atoms with Crippen LogP contribution in [-0.2, 0) is 6.42 Å². The van der Waals surface area contributed by atoms with Gasteiger partial charge < -0.3 is 4.90 Å². The van der Waals surface area contributed by atoms with Crippen molar-refractivity contribution in [2.75, 3.05) is 32.1 Å². The number of carbonyl (C=O) groups excluding carboxylic acids is 1. The highest BCUT2D eigenvalue weighted by Gasteiger charge is 2.34. The van der Waals surface area contributed by atoms with Crippen molar-refractivity contribution in [3.8, 4) is 11.8 Å². The minimum Gasteiger partial charge on any atom is -0.324 e. The molecule has 1 aromatic heterocycles. The van der Waals surface area contributed by atoms with Gasteiger partial charge in [-0.05, 0) is 74.6 Å². The topological polar surface area (TPSA) is 40.5 Å². The molecular weight excluding hydrogens is 408 g/mol. The van der Waals surface area contributed by atoms with E-state index in [0.717, 1.165) is 36.2 Å². The Morgan fingerprint density at radius 3 is 2.64 bits per heavy atom. The van der Waals surface area contributed by atoms with Gasteiger partial charge in [0.25, 0.3) is 0 Å². The lowest BCUT2D eigenvalue weighted by molar-refractivity contribution is 0.214. The first-order chi connectivity index (χ1) is 16.1. The first-order valence-corrected chi connectivity index (χ1v) is 11.8. The van der Waals surface area contributed by atoms with E-state index in [1.54, 1.807) is 4.90 Å². The van der Waals surface area contributed by atoms with Crippen molar-refractivity contribution in [2.24, 2.45) is 0 Å². The minimum absolute atomic E-state index is 0.107. The number of benzene rings is 2. The average molecular weight is 439 g/mol. The molecule has 0 fully saturated rings. The number of amides is 2. The van der Waals surface area contributed by atoms with Crippen LogP contribution in [0.4, 0.5) is 4.79 Å². The van der Waals surface area contributed by atoms with Crippen LogP contribution in [-0.4, -0.2) is 53.2 Å². The number of nitrogens with one attached hydrogen (secondary N) is 1. The number of aromatic nitrogens is 1. The van der Waals surface area contributed by atoms with Crippen LogP contribution in [0.3, 0.4) is 0 Å². The molecule has 1 aliphatic heterocycles. The molecule has 3 aromatic rings. The summed E-state index contributed by atoms with van der Waals surface area (Å²) in [5.41, 5.74) is 9.89. The Bertz CT molecular complexity index is 1290. The van der Waals surface area contributed by atoms with Gasteiger partial charge in [-0.15, -0.1) is 0 Å². The molecule has 168 valence electrons. The van der Waals surface area contributed by atoms with Gasteiger partial charge in [0, 0.05) is 36.6 Å². The van der Waals surface area contributed by atoms with Crippen molar-refractivity contribution < 1.29 is 4.79 Å². The molecule has 2 aromatic carbocycles. The molecule has 2 heterocycles. The van der Waals surface area contributed by atoms with E-state index in [-0.39, 0.29) is 6.03 Å². The number of hydrogen-bond acceptors (Lipinski definition) is 2. The van der Waals surface area contributed by atoms with Crippen LogP contribution in [0.15, 0.2) is 54.6 Å². The summed E-state index contributed by atoms with van der Waals surface area (Å²) in [6.07, 6.45) is 4.35. The van der Waals surface area contributed by atoms with Crippen molar-refractivity contribution in [1.82, 2.24) is 14.5 Å². The van der Waals surface area contributed by atoms with E-state index in [4.69, 9.17) is 0 Å². The van der Waals surface area contributed by atoms with E-state index in [1.807, 2.05) is 48.9 Å². The molecular formula is C28H30N4O. The van der Waals surface area contributed by atoms with Crippen LogP contribution in [0.2, 0.25) is 0 Å². The van der Waals surface area contributed by atoms with Gasteiger partial charge >= 0.3 is 6.03 Å². The van der Waals surface area contributed by atoms with E-state index < -0.39 is 0 Å². The molecule has 5 rings (SSSR count). The zero-order chi connectivity index (χ0) is 22.9. The van der Waals surface area contributed by atoms with Gasteiger partial charge in [0.2, 0.25) is 0 Å². The molecule has 5 nitrogen and oxygen atoms in total. The van der Waals surface area contributed by atoms with Crippen LogP contribution in [0, 0.1) is 11.8 Å². The maximum Gasteiger partial charge on any atom is 0.336 e. The lowest BCUT2D eigenvalue weighted by Crippen LogP contribution is -2.39. The minimum atomic E-state index is -0.107. The number of carbonyl (C=O) groups is 1. The highest BCUT2D eigenvalue weighted by atomic mass is 16.2. The largest absolute Gasteiger partial charge is 0.336 e. The fourth-order valence-corrected chi connectivity index (χ4v) is 5.14. The van der Waals surface area contributed by atoms with Crippen LogP contribution in [0.25, 0.3) is 16.5 Å². The SMILES string of the molecule is CCN(CC)C(=O)Nn1c(C#Cc2ccccc2)c2c3c(cccc31)C1=CCCN(C)[C@@H]1C2. The molecule has 0 radical (unpaired) electrons. The Hall–Kier alpha value is -3.49. The van der Waals surface area contributed by atoms with Gasteiger partial charge in [0.05, 0.1) is 5.52 Å². The normalized spacial score (nSPS) is 17.1. The van der Waals surface area contributed by atoms with Gasteiger partial charge in [-0.1, -0.05) is 42.3 Å². The van der Waals surface area contributed by atoms with E-state index in [0.29, 0.717) is 19.1 Å². The Balaban J connectivity index is 1.72. The molecule has 33 heavy (non-hydrogen) atoms. The Kier molecular flexibility index (Phi) is 5.70. The quantitative estimate of drug-likeness (QED) is 0.603. The molecule has 0 unspecified atom stereocenters. The summed E-state index contributed by atoms with van der Waals surface area (Å²) in [6, 6.07) is 16.6. The van der Waals surface area contributed by atoms with Crippen LogP contribution in [0.1, 0.15) is 42.7 Å². The monoisotopic (exact) mass is 438 g/mol. The second-order valence-electron chi connectivity index (χ2n) is 8.72. The van der Waals surface area contributed by atoms with E-state index in [9.17, 15) is 4.79 Å². The second-order valence-corrected chi connectivity index (χ2v) is 8.72. The number of nitrogens with zero attached hydrogens (tertiary/aromatic N) is 3. The highest BCUT2D eigenvalue weighted by Crippen LogP contribution is 2.42. The number of hydrogen-bond donors (Lipinski definition) is 1. The third kappa shape index (κ3) is 3.71. The van der Waals surface area contributed by atoms with Crippen molar-refractivity contribution in [3.05, 3.63) is 77.0 Å². The number of likely N-dealkylation sites (N-methyl/N-ethyl adjacent to an activating group) is 1. The predicted molar refractivity (Wildman–Crippen MR) is 135 cm³/mol. The molecule has 1 N–H and O–H groups in total. The summed E-state index contributed by atoms with van der Waals surface area (Å²) in [4.78, 5) is 17.3. The Morgan fingerprint density at radius 1 is 1.09 bits per heavy atom. The van der Waals surface area contributed by atoms with Crippen LogP contribution in [0.5, 0.6) is 0 Å². The number of urea groups is 1. The summed E-state index contributed by atoms with van der Waals surface area (Å²) in [6.45, 7) is 6.37. The molecule has 0 spiro atoms. The number of fused-ring (bicyclic) bond motifs is 2. The van der Waals surface area contributed by atoms with E-state index in [1.165, 1.54) is 22.1 Å². The molecule has 0 saturated carbocycles. The Morgan fingerprint density at radius 2 is 1.88 bits per heavy atom. The third-order valence-corrected chi connectivity index (χ3v) is 6.90. The van der Waals surface area contributed by atoms with Crippen molar-refractivity contribution in [2.45, 2.75) is 32.7 Å². The second kappa shape index (κ2) is 8.80. The summed E-state index contributed by atoms with van der Waals surface area (Å²) >= 11 is 0. The molecule has 2 aliphatic rings. The molecule has 0 bridgehead atoms. The predicted octanol–water partition coefficient (Wildman–Crippen LogP) is 4.69. The van der Waals surface area contributed by atoms with Crippen molar-refractivity contribution in [1.29, 1.82) is 0 Å². The molecule has 2 amide bonds.